The summed E-state index contributed by atoms with van der Waals surface area (Å²) in [6, 6.07) is 4.72. The number of hydrogen-bond acceptors (Lipinski definition) is 2. The summed E-state index contributed by atoms with van der Waals surface area (Å²) in [6.07, 6.45) is 2.37. The molecular weight excluding hydrogens is 217 g/mol. The van der Waals surface area contributed by atoms with Crippen molar-refractivity contribution >= 4 is 11.0 Å². The minimum atomic E-state index is -0.246. The molecule has 1 atom stereocenters. The van der Waals surface area contributed by atoms with Crippen LogP contribution in [0.15, 0.2) is 18.2 Å². The zero-order valence-electron chi connectivity index (χ0n) is 9.86. The Morgan fingerprint density at radius 3 is 2.94 bits per heavy atom. The van der Waals surface area contributed by atoms with Crippen LogP contribution in [-0.2, 0) is 6.54 Å². The van der Waals surface area contributed by atoms with E-state index in [1.165, 1.54) is 25.0 Å². The van der Waals surface area contributed by atoms with Gasteiger partial charge in [0.05, 0.1) is 17.1 Å². The number of benzene rings is 1. The van der Waals surface area contributed by atoms with Crippen molar-refractivity contribution in [2.24, 2.45) is 11.7 Å². The summed E-state index contributed by atoms with van der Waals surface area (Å²) >= 11 is 0. The molecule has 4 heteroatoms. The molecule has 1 aliphatic carbocycles. The van der Waals surface area contributed by atoms with E-state index in [4.69, 9.17) is 5.73 Å². The zero-order valence-corrected chi connectivity index (χ0v) is 9.86. The lowest BCUT2D eigenvalue weighted by molar-refractivity contribution is 0.557. The molecular formula is C13H16FN3. The number of imidazole rings is 1. The van der Waals surface area contributed by atoms with Crippen LogP contribution in [0.1, 0.15) is 31.6 Å². The minimum Gasteiger partial charge on any atom is -0.327 e. The Morgan fingerprint density at radius 2 is 2.29 bits per heavy atom. The highest BCUT2D eigenvalue weighted by atomic mass is 19.1. The van der Waals surface area contributed by atoms with Gasteiger partial charge in [0.25, 0.3) is 0 Å². The van der Waals surface area contributed by atoms with Gasteiger partial charge in [0.2, 0.25) is 0 Å². The van der Waals surface area contributed by atoms with Crippen molar-refractivity contribution in [1.29, 1.82) is 0 Å². The van der Waals surface area contributed by atoms with E-state index in [-0.39, 0.29) is 11.9 Å². The fourth-order valence-corrected chi connectivity index (χ4v) is 2.37. The highest BCUT2D eigenvalue weighted by Gasteiger charge is 2.32. The Kier molecular flexibility index (Phi) is 2.40. The van der Waals surface area contributed by atoms with Crippen molar-refractivity contribution in [2.75, 3.05) is 0 Å². The Bertz CT molecular complexity index is 557. The minimum absolute atomic E-state index is 0.00888. The Morgan fingerprint density at radius 1 is 1.53 bits per heavy atom. The van der Waals surface area contributed by atoms with Gasteiger partial charge in [-0.05, 0) is 37.8 Å². The maximum atomic E-state index is 13.2. The molecule has 1 fully saturated rings. The van der Waals surface area contributed by atoms with Crippen molar-refractivity contribution in [3.8, 4) is 0 Å². The van der Waals surface area contributed by atoms with Crippen molar-refractivity contribution in [3.05, 3.63) is 29.8 Å². The predicted octanol–water partition coefficient (Wildman–Crippen LogP) is 2.61. The number of nitrogens with zero attached hydrogens (tertiary/aromatic N) is 2. The number of halogens is 1. The molecule has 1 aliphatic rings. The van der Waals surface area contributed by atoms with Gasteiger partial charge in [-0.25, -0.2) is 9.37 Å². The highest BCUT2D eigenvalue weighted by Crippen LogP contribution is 2.39. The molecule has 0 bridgehead atoms. The first kappa shape index (κ1) is 10.7. The van der Waals surface area contributed by atoms with Crippen LogP contribution in [0.2, 0.25) is 0 Å². The normalized spacial score (nSPS) is 17.6. The average molecular weight is 233 g/mol. The van der Waals surface area contributed by atoms with Crippen LogP contribution < -0.4 is 5.73 Å². The number of aromatic nitrogens is 2. The van der Waals surface area contributed by atoms with Gasteiger partial charge in [0.15, 0.2) is 0 Å². The lowest BCUT2D eigenvalue weighted by Crippen LogP contribution is -2.18. The Labute approximate surface area is 99.4 Å². The first-order valence-corrected chi connectivity index (χ1v) is 6.12. The number of aryl methyl sites for hydroxylation is 1. The maximum absolute atomic E-state index is 13.2. The summed E-state index contributed by atoms with van der Waals surface area (Å²) in [5, 5.41) is 0. The van der Waals surface area contributed by atoms with Crippen LogP contribution in [-0.4, -0.2) is 9.55 Å². The van der Waals surface area contributed by atoms with E-state index >= 15 is 0 Å². The third kappa shape index (κ3) is 1.72. The summed E-state index contributed by atoms with van der Waals surface area (Å²) in [4.78, 5) is 4.50. The fraction of sp³-hybridized carbons (Fsp3) is 0.462. The predicted molar refractivity (Wildman–Crippen MR) is 65.0 cm³/mol. The largest absolute Gasteiger partial charge is 0.327 e. The number of rotatable bonds is 3. The maximum Gasteiger partial charge on any atom is 0.127 e. The van der Waals surface area contributed by atoms with E-state index in [0.717, 1.165) is 17.9 Å². The first-order valence-electron chi connectivity index (χ1n) is 6.12. The van der Waals surface area contributed by atoms with Gasteiger partial charge in [-0.2, -0.15) is 0 Å². The molecule has 0 amide bonds. The van der Waals surface area contributed by atoms with Crippen LogP contribution in [0.25, 0.3) is 11.0 Å². The topological polar surface area (TPSA) is 43.8 Å². The second-order valence-corrected chi connectivity index (χ2v) is 4.71. The highest BCUT2D eigenvalue weighted by molar-refractivity contribution is 5.76. The second-order valence-electron chi connectivity index (χ2n) is 4.71. The Hall–Kier alpha value is -1.42. The van der Waals surface area contributed by atoms with Crippen LogP contribution in [0.4, 0.5) is 4.39 Å². The molecule has 3 nitrogen and oxygen atoms in total. The van der Waals surface area contributed by atoms with Crippen LogP contribution in [0.5, 0.6) is 0 Å². The molecule has 2 aromatic rings. The molecule has 1 aromatic carbocycles. The van der Waals surface area contributed by atoms with Gasteiger partial charge in [-0.3, -0.25) is 0 Å². The smallest absolute Gasteiger partial charge is 0.127 e. The fourth-order valence-electron chi connectivity index (χ4n) is 2.37. The molecule has 0 radical (unpaired) electrons. The van der Waals surface area contributed by atoms with Gasteiger partial charge in [-0.15, -0.1) is 0 Å². The standard InChI is InChI=1S/C13H16FN3/c1-2-17-11-6-5-9(14)7-10(11)16-13(17)12(15)8-3-4-8/h5-8,12H,2-4,15H2,1H3. The quantitative estimate of drug-likeness (QED) is 0.885. The summed E-state index contributed by atoms with van der Waals surface area (Å²) < 4.78 is 15.3. The summed E-state index contributed by atoms with van der Waals surface area (Å²) in [7, 11) is 0. The van der Waals surface area contributed by atoms with Crippen molar-refractivity contribution < 1.29 is 4.39 Å². The Balaban J connectivity index is 2.16. The lowest BCUT2D eigenvalue weighted by atomic mass is 10.2. The van der Waals surface area contributed by atoms with E-state index < -0.39 is 0 Å². The first-order chi connectivity index (χ1) is 8.20. The molecule has 0 spiro atoms. The third-order valence-electron chi connectivity index (χ3n) is 3.48. The molecule has 90 valence electrons. The van der Waals surface area contributed by atoms with E-state index in [1.807, 2.05) is 0 Å². The molecule has 0 saturated heterocycles. The molecule has 3 rings (SSSR count). The van der Waals surface area contributed by atoms with Crippen LogP contribution in [0, 0.1) is 11.7 Å². The SMILES string of the molecule is CCn1c(C(N)C2CC2)nc2cc(F)ccc21. The summed E-state index contributed by atoms with van der Waals surface area (Å²) in [5.74, 6) is 1.21. The van der Waals surface area contributed by atoms with Gasteiger partial charge in [0.1, 0.15) is 11.6 Å². The average Bonchev–Trinajstić information content (AvgIpc) is 3.09. The molecule has 1 saturated carbocycles. The van der Waals surface area contributed by atoms with Crippen molar-refractivity contribution in [1.82, 2.24) is 9.55 Å². The summed E-state index contributed by atoms with van der Waals surface area (Å²) in [5.41, 5.74) is 7.88. The van der Waals surface area contributed by atoms with E-state index in [2.05, 4.69) is 16.5 Å². The number of nitrogens with two attached hydrogens (primary N) is 1. The van der Waals surface area contributed by atoms with Crippen molar-refractivity contribution in [2.45, 2.75) is 32.4 Å². The molecule has 1 unspecified atom stereocenters. The monoisotopic (exact) mass is 233 g/mol. The van der Waals surface area contributed by atoms with E-state index in [0.29, 0.717) is 11.4 Å². The van der Waals surface area contributed by atoms with Crippen LogP contribution in [0.3, 0.4) is 0 Å². The van der Waals surface area contributed by atoms with Crippen molar-refractivity contribution in [3.63, 3.8) is 0 Å². The second kappa shape index (κ2) is 3.81. The molecule has 17 heavy (non-hydrogen) atoms. The molecule has 0 aliphatic heterocycles. The third-order valence-corrected chi connectivity index (χ3v) is 3.48. The molecule has 1 heterocycles. The zero-order chi connectivity index (χ0) is 12.0. The van der Waals surface area contributed by atoms with Gasteiger partial charge in [-0.1, -0.05) is 0 Å². The van der Waals surface area contributed by atoms with Crippen LogP contribution >= 0.6 is 0 Å². The lowest BCUT2D eigenvalue weighted by Gasteiger charge is -2.12. The van der Waals surface area contributed by atoms with Gasteiger partial charge >= 0.3 is 0 Å². The molecule has 2 N–H and O–H groups in total. The molecule has 1 aromatic heterocycles. The van der Waals surface area contributed by atoms with Gasteiger partial charge in [0, 0.05) is 12.6 Å². The van der Waals surface area contributed by atoms with E-state index in [9.17, 15) is 4.39 Å². The van der Waals surface area contributed by atoms with E-state index in [1.54, 1.807) is 6.07 Å². The number of hydrogen-bond donors (Lipinski definition) is 1. The summed E-state index contributed by atoms with van der Waals surface area (Å²) in [6.45, 7) is 2.88. The number of fused-ring (bicyclic) bond motifs is 1. The van der Waals surface area contributed by atoms with Gasteiger partial charge < -0.3 is 10.3 Å².